The number of H-pyrrole nitrogens is 4. The average Bonchev–Trinajstić information content (AvgIpc) is 3.90. The molecule has 0 fully saturated rings. The molecule has 0 atom stereocenters. The maximum atomic E-state index is 14.3. The van der Waals surface area contributed by atoms with Crippen molar-refractivity contribution in [1.82, 2.24) is 19.9 Å². The molecule has 1 aliphatic heterocycles. The number of carbonyl (C=O) groups excluding carboxylic acids is 1. The quantitative estimate of drug-likeness (QED) is 0.0760. The molecule has 0 radical (unpaired) electrons. The van der Waals surface area contributed by atoms with E-state index < -0.39 is 20.8 Å². The second-order valence-corrected chi connectivity index (χ2v) is 14.0. The number of rotatable bonds is 3. The van der Waals surface area contributed by atoms with Gasteiger partial charge in [0.2, 0.25) is 0 Å². The Hall–Kier alpha value is -7.16. The van der Waals surface area contributed by atoms with Crippen molar-refractivity contribution >= 4 is 88.0 Å². The maximum absolute atomic E-state index is 14.3. The van der Waals surface area contributed by atoms with Crippen LogP contribution in [-0.2, 0) is 10.1 Å². The van der Waals surface area contributed by atoms with Gasteiger partial charge in [-0.25, -0.2) is 20.0 Å². The van der Waals surface area contributed by atoms with Gasteiger partial charge >= 0.3 is 0 Å². The Morgan fingerprint density at radius 3 is 1.47 bits per heavy atom. The van der Waals surface area contributed by atoms with Crippen LogP contribution >= 0.6 is 0 Å². The van der Waals surface area contributed by atoms with Crippen LogP contribution < -0.4 is 27.7 Å². The van der Waals surface area contributed by atoms with Crippen LogP contribution in [0.1, 0.15) is 15.9 Å². The van der Waals surface area contributed by atoms with E-state index in [1.54, 1.807) is 12.1 Å². The van der Waals surface area contributed by atoms with Gasteiger partial charge in [0.25, 0.3) is 10.1 Å². The molecule has 53 heavy (non-hydrogen) atoms. The summed E-state index contributed by atoms with van der Waals surface area (Å²) in [5.41, 5.74) is 8.07. The fraction of sp³-hybridized carbons (Fsp3) is 0. The minimum atomic E-state index is -4.70. The molecule has 0 spiro atoms. The molecule has 1 aliphatic rings. The zero-order valence-corrected chi connectivity index (χ0v) is 28.2. The number of nitrogen functional groups attached to an aromatic ring is 1. The van der Waals surface area contributed by atoms with Crippen LogP contribution in [0.4, 0.5) is 29.0 Å². The molecule has 0 saturated carbocycles. The molecular formula is C39H25N9O4S. The largest absolute Gasteiger partial charge is 0.398 e. The number of fused-ring (bicyclic) bond motifs is 20. The summed E-state index contributed by atoms with van der Waals surface area (Å²) in [6.07, 6.45) is 0. The van der Waals surface area contributed by atoms with E-state index in [1.165, 1.54) is 12.1 Å². The van der Waals surface area contributed by atoms with Gasteiger partial charge in [0, 0.05) is 54.2 Å². The number of carbonyl (C=O) groups is 1. The van der Waals surface area contributed by atoms with Crippen LogP contribution in [0.25, 0.3) is 43.1 Å². The first-order valence-electron chi connectivity index (χ1n) is 16.5. The molecule has 0 aliphatic carbocycles. The average molecular weight is 716 g/mol. The Labute approximate surface area is 297 Å². The minimum Gasteiger partial charge on any atom is -0.398 e. The van der Waals surface area contributed by atoms with Crippen molar-refractivity contribution in [2.24, 2.45) is 20.0 Å². The molecule has 7 N–H and O–H groups in total. The molecule has 0 unspecified atom stereocenters. The second-order valence-electron chi connectivity index (χ2n) is 12.7. The van der Waals surface area contributed by atoms with Gasteiger partial charge in [0.05, 0.1) is 5.69 Å². The standard InChI is InChI=1S/C39H25N9O4S/c40-28-17-16-19(18-29(28)53(50,51)52)31(49)26-14-7-15-27-30(26)39-47-37-25-13-6-5-12-24(25)35(45-37)43-33-21-9-2-1-8-20(21)32(41-33)42-34-22-10-3-4-11-23(22)36(44-34)46-38(27)48-39/h1-18H,40H2,(H,50,51,52)(H4,41,42,43,44,45,46,47,48). The number of nitrogens with two attached hydrogens (primary N) is 1. The molecule has 256 valence electrons. The van der Waals surface area contributed by atoms with E-state index in [9.17, 15) is 17.8 Å². The monoisotopic (exact) mass is 715 g/mol. The summed E-state index contributed by atoms with van der Waals surface area (Å²) in [4.78, 5) is 47.6. The Morgan fingerprint density at radius 2 is 0.962 bits per heavy atom. The van der Waals surface area contributed by atoms with Crippen molar-refractivity contribution in [2.45, 2.75) is 4.90 Å². The molecular weight excluding hydrogens is 691 g/mol. The molecule has 9 aromatic rings. The van der Waals surface area contributed by atoms with E-state index in [4.69, 9.17) is 25.7 Å². The summed E-state index contributed by atoms with van der Waals surface area (Å²) in [7, 11) is -4.70. The topological polar surface area (TPSA) is 210 Å². The molecule has 0 saturated heterocycles. The van der Waals surface area contributed by atoms with Crippen LogP contribution in [0.5, 0.6) is 0 Å². The first kappa shape index (κ1) is 30.6. The Morgan fingerprint density at radius 1 is 0.528 bits per heavy atom. The van der Waals surface area contributed by atoms with Gasteiger partial charge < -0.3 is 25.7 Å². The molecule has 5 heterocycles. The lowest BCUT2D eigenvalue weighted by molar-refractivity contribution is 0.104. The van der Waals surface area contributed by atoms with Crippen molar-refractivity contribution < 1.29 is 17.8 Å². The number of nitrogens with one attached hydrogen (secondary N) is 4. The summed E-state index contributed by atoms with van der Waals surface area (Å²) in [5, 5.41) is 6.10. The van der Waals surface area contributed by atoms with Crippen molar-refractivity contribution in [3.05, 3.63) is 142 Å². The summed E-state index contributed by atoms with van der Waals surface area (Å²) >= 11 is 0. The molecule has 14 heteroatoms. The van der Waals surface area contributed by atoms with Crippen LogP contribution in [0.2, 0.25) is 0 Å². The Bertz CT molecular complexity index is 3420. The molecule has 10 rings (SSSR count). The smallest absolute Gasteiger partial charge is 0.296 e. The van der Waals surface area contributed by atoms with Gasteiger partial charge in [-0.3, -0.25) is 9.35 Å². The third-order valence-electron chi connectivity index (χ3n) is 9.51. The van der Waals surface area contributed by atoms with Gasteiger partial charge in [-0.2, -0.15) is 8.42 Å². The van der Waals surface area contributed by atoms with Gasteiger partial charge in [0.1, 0.15) is 50.1 Å². The van der Waals surface area contributed by atoms with Crippen LogP contribution in [0.15, 0.2) is 134 Å². The normalized spacial score (nSPS) is 12.8. The van der Waals surface area contributed by atoms with E-state index in [0.29, 0.717) is 56.0 Å². The van der Waals surface area contributed by atoms with E-state index in [0.717, 1.165) is 38.4 Å². The highest BCUT2D eigenvalue weighted by Crippen LogP contribution is 2.38. The van der Waals surface area contributed by atoms with Gasteiger partial charge in [-0.05, 0) is 18.2 Å². The first-order chi connectivity index (χ1) is 25.7. The Balaban J connectivity index is 1.34. The number of aromatic nitrogens is 4. The number of hydrogen-bond acceptors (Lipinski definition) is 8. The number of anilines is 1. The summed E-state index contributed by atoms with van der Waals surface area (Å²) in [6, 6.07) is 32.4. The highest BCUT2D eigenvalue weighted by molar-refractivity contribution is 7.86. The lowest BCUT2D eigenvalue weighted by Crippen LogP contribution is -2.10. The molecule has 5 aromatic carbocycles. The van der Waals surface area contributed by atoms with Crippen LogP contribution in [0, 0.1) is 0 Å². The van der Waals surface area contributed by atoms with Crippen molar-refractivity contribution in [1.29, 1.82) is 0 Å². The van der Waals surface area contributed by atoms with Gasteiger partial charge in [-0.15, -0.1) is 0 Å². The lowest BCUT2D eigenvalue weighted by Gasteiger charge is -2.07. The SMILES string of the molecule is Nc1ccc(C(=O)c2cccc3c4[nH]c(c23)N=c2[nH]c(c3ccccc23)=Nc2[nH]c(c3ccccc23)N=c2[nH]c(c3ccccc23)=N4)cc1S(=O)(=O)O. The summed E-state index contributed by atoms with van der Waals surface area (Å²) < 4.78 is 34.0. The molecule has 4 aromatic heterocycles. The van der Waals surface area contributed by atoms with Crippen molar-refractivity contribution in [3.63, 3.8) is 0 Å². The Kier molecular flexibility index (Phi) is 6.46. The maximum Gasteiger partial charge on any atom is 0.296 e. The van der Waals surface area contributed by atoms with E-state index in [1.807, 2.05) is 78.9 Å². The summed E-state index contributed by atoms with van der Waals surface area (Å²) in [6.45, 7) is 0. The van der Waals surface area contributed by atoms with Crippen LogP contribution in [0.3, 0.4) is 0 Å². The highest BCUT2D eigenvalue weighted by atomic mass is 32.2. The third kappa shape index (κ3) is 4.81. The fourth-order valence-corrected chi connectivity index (χ4v) is 7.71. The number of benzene rings is 5. The first-order valence-corrected chi connectivity index (χ1v) is 17.9. The van der Waals surface area contributed by atoms with E-state index >= 15 is 0 Å². The number of hydrogen-bond donors (Lipinski definition) is 6. The third-order valence-corrected chi connectivity index (χ3v) is 10.4. The van der Waals surface area contributed by atoms with Crippen molar-refractivity contribution in [3.8, 4) is 0 Å². The number of nitrogens with zero attached hydrogens (tertiary/aromatic N) is 4. The molecule has 8 bridgehead atoms. The zero-order valence-electron chi connectivity index (χ0n) is 27.3. The van der Waals surface area contributed by atoms with E-state index in [2.05, 4.69) is 19.9 Å². The molecule has 13 nitrogen and oxygen atoms in total. The minimum absolute atomic E-state index is 0.00809. The lowest BCUT2D eigenvalue weighted by atomic mass is 9.98. The van der Waals surface area contributed by atoms with Crippen LogP contribution in [-0.4, -0.2) is 38.7 Å². The van der Waals surface area contributed by atoms with E-state index in [-0.39, 0.29) is 16.8 Å². The fourth-order valence-electron chi connectivity index (χ4n) is 7.07. The predicted molar refractivity (Wildman–Crippen MR) is 201 cm³/mol. The molecule has 0 amide bonds. The van der Waals surface area contributed by atoms with Gasteiger partial charge in [-0.1, -0.05) is 91.0 Å². The van der Waals surface area contributed by atoms with Crippen molar-refractivity contribution in [2.75, 3.05) is 5.73 Å². The zero-order chi connectivity index (χ0) is 36.0. The summed E-state index contributed by atoms with van der Waals surface area (Å²) in [5.74, 6) is 1.47. The number of aromatic amines is 4. The predicted octanol–water partition coefficient (Wildman–Crippen LogP) is 5.79. The number of ketones is 1. The second kappa shape index (κ2) is 11.2. The van der Waals surface area contributed by atoms with Gasteiger partial charge in [0.15, 0.2) is 5.78 Å². The highest BCUT2D eigenvalue weighted by Gasteiger charge is 2.23.